The summed E-state index contributed by atoms with van der Waals surface area (Å²) in [6.07, 6.45) is -0.763. The zero-order valence-corrected chi connectivity index (χ0v) is 22.9. The number of hydrazine groups is 1. The molecule has 0 unspecified atom stereocenters. The van der Waals surface area contributed by atoms with Crippen molar-refractivity contribution in [2.24, 2.45) is 0 Å². The number of hydrogen-bond acceptors (Lipinski definition) is 6. The van der Waals surface area contributed by atoms with E-state index in [4.69, 9.17) is 4.74 Å². The minimum absolute atomic E-state index is 0.0114. The molecule has 216 valence electrons. The van der Waals surface area contributed by atoms with Gasteiger partial charge in [0.2, 0.25) is 17.7 Å². The molecule has 1 heterocycles. The molecule has 4 rings (SSSR count). The second kappa shape index (κ2) is 14.3. The number of carboxylic acid groups (broad SMARTS) is 1. The topological polar surface area (TPSA) is 152 Å². The van der Waals surface area contributed by atoms with Crippen molar-refractivity contribution in [2.75, 3.05) is 13.1 Å². The Morgan fingerprint density at radius 3 is 2.36 bits per heavy atom. The summed E-state index contributed by atoms with van der Waals surface area (Å²) in [4.78, 5) is 50.7. The summed E-state index contributed by atoms with van der Waals surface area (Å²) in [6.45, 7) is 0.0140. The fraction of sp³-hybridized carbons (Fsp3) is 0.258. The van der Waals surface area contributed by atoms with Crippen molar-refractivity contribution < 1.29 is 29.0 Å². The highest BCUT2D eigenvalue weighted by atomic mass is 16.5. The van der Waals surface area contributed by atoms with Crippen LogP contribution in [-0.4, -0.2) is 58.1 Å². The Morgan fingerprint density at radius 1 is 0.952 bits per heavy atom. The van der Waals surface area contributed by atoms with Crippen LogP contribution in [-0.2, 0) is 27.3 Å². The monoisotopic (exact) mass is 569 g/mol. The molecule has 0 aromatic heterocycles. The van der Waals surface area contributed by atoms with E-state index in [-0.39, 0.29) is 50.4 Å². The number of ether oxygens (including phenoxy) is 1. The Labute approximate surface area is 243 Å². The molecule has 1 aliphatic rings. The molecular formula is C31H31N5O6. The van der Waals surface area contributed by atoms with Gasteiger partial charge in [0.1, 0.15) is 23.6 Å². The number of benzene rings is 3. The molecule has 42 heavy (non-hydrogen) atoms. The van der Waals surface area contributed by atoms with Gasteiger partial charge in [0, 0.05) is 26.1 Å². The maximum atomic E-state index is 13.3. The number of carbonyl (C=O) groups is 4. The van der Waals surface area contributed by atoms with Crippen molar-refractivity contribution in [3.05, 3.63) is 95.6 Å². The lowest BCUT2D eigenvalue weighted by Gasteiger charge is -2.41. The number of nitrogens with zero attached hydrogens (tertiary/aromatic N) is 3. The summed E-state index contributed by atoms with van der Waals surface area (Å²) in [5, 5.41) is 26.8. The van der Waals surface area contributed by atoms with Crippen molar-refractivity contribution in [2.45, 2.75) is 38.3 Å². The first-order valence-corrected chi connectivity index (χ1v) is 13.5. The number of nitriles is 1. The second-order valence-electron chi connectivity index (χ2n) is 9.60. The molecule has 1 saturated heterocycles. The normalized spacial score (nSPS) is 14.4. The van der Waals surface area contributed by atoms with Crippen LogP contribution in [0.5, 0.6) is 11.5 Å². The smallest absolute Gasteiger partial charge is 0.426 e. The SMILES string of the molecule is N#Cc1c(CNC(=O)[C@@H]2CCCN(C(=O)O)N2C(=O)CCNC(=O)Cc2ccccc2)cccc1Oc1ccccc1. The lowest BCUT2D eigenvalue weighted by molar-refractivity contribution is -0.162. The first-order chi connectivity index (χ1) is 20.4. The van der Waals surface area contributed by atoms with Crippen molar-refractivity contribution in [3.63, 3.8) is 0 Å². The summed E-state index contributed by atoms with van der Waals surface area (Å²) in [5.41, 5.74) is 1.57. The molecule has 11 nitrogen and oxygen atoms in total. The van der Waals surface area contributed by atoms with Crippen molar-refractivity contribution in [1.29, 1.82) is 5.26 Å². The molecule has 0 bridgehead atoms. The Bertz CT molecular complexity index is 1460. The Morgan fingerprint density at radius 2 is 1.67 bits per heavy atom. The van der Waals surface area contributed by atoms with Crippen LogP contribution in [0.4, 0.5) is 4.79 Å². The Balaban J connectivity index is 1.40. The van der Waals surface area contributed by atoms with E-state index in [1.807, 2.05) is 48.5 Å². The van der Waals surface area contributed by atoms with E-state index in [1.165, 1.54) is 0 Å². The van der Waals surface area contributed by atoms with Crippen molar-refractivity contribution >= 4 is 23.8 Å². The number of carbonyl (C=O) groups excluding carboxylic acids is 3. The zero-order valence-electron chi connectivity index (χ0n) is 22.9. The average molecular weight is 570 g/mol. The fourth-order valence-corrected chi connectivity index (χ4v) is 4.69. The third kappa shape index (κ3) is 7.63. The minimum atomic E-state index is -1.36. The van der Waals surface area contributed by atoms with Crippen LogP contribution < -0.4 is 15.4 Å². The summed E-state index contributed by atoms with van der Waals surface area (Å²) in [6, 6.07) is 24.2. The molecular weight excluding hydrogens is 538 g/mol. The number of para-hydroxylation sites is 1. The van der Waals surface area contributed by atoms with Crippen LogP contribution in [0.2, 0.25) is 0 Å². The second-order valence-corrected chi connectivity index (χ2v) is 9.60. The van der Waals surface area contributed by atoms with Gasteiger partial charge >= 0.3 is 6.09 Å². The van der Waals surface area contributed by atoms with Crippen molar-refractivity contribution in [1.82, 2.24) is 20.7 Å². The van der Waals surface area contributed by atoms with Crippen LogP contribution in [0.1, 0.15) is 36.0 Å². The molecule has 1 fully saturated rings. The van der Waals surface area contributed by atoms with E-state index in [9.17, 15) is 29.5 Å². The quantitative estimate of drug-likeness (QED) is 0.337. The zero-order chi connectivity index (χ0) is 29.9. The molecule has 3 aromatic carbocycles. The maximum Gasteiger partial charge on any atom is 0.426 e. The third-order valence-corrected chi connectivity index (χ3v) is 6.70. The standard InChI is InChI=1S/C31H31N5O6/c32-20-25-23(11-7-15-27(25)42-24-12-5-2-6-13-24)21-34-30(39)26-14-8-18-35(31(40)41)36(26)29(38)16-17-33-28(37)19-22-9-3-1-4-10-22/h1-7,9-13,15,26H,8,14,16-19,21H2,(H,33,37)(H,34,39)(H,40,41)/t26-/m0/s1. The molecule has 0 aliphatic carbocycles. The van der Waals surface area contributed by atoms with Crippen LogP contribution >= 0.6 is 0 Å². The Hall–Kier alpha value is -5.37. The molecule has 3 aromatic rings. The fourth-order valence-electron chi connectivity index (χ4n) is 4.69. The van der Waals surface area contributed by atoms with E-state index >= 15 is 0 Å². The number of nitrogens with one attached hydrogen (secondary N) is 2. The van der Waals surface area contributed by atoms with Gasteiger partial charge in [0.05, 0.1) is 12.0 Å². The predicted octanol–water partition coefficient (Wildman–Crippen LogP) is 3.60. The van der Waals surface area contributed by atoms with E-state index < -0.39 is 23.9 Å². The van der Waals surface area contributed by atoms with Gasteiger partial charge < -0.3 is 20.5 Å². The van der Waals surface area contributed by atoms with Crippen LogP contribution in [0.3, 0.4) is 0 Å². The lowest BCUT2D eigenvalue weighted by atomic mass is 10.0. The first-order valence-electron chi connectivity index (χ1n) is 13.5. The van der Waals surface area contributed by atoms with E-state index in [0.29, 0.717) is 23.5 Å². The number of amides is 4. The highest BCUT2D eigenvalue weighted by Crippen LogP contribution is 2.27. The first kappa shape index (κ1) is 29.6. The van der Waals surface area contributed by atoms with E-state index in [1.54, 1.807) is 30.3 Å². The van der Waals surface area contributed by atoms with Gasteiger partial charge in [-0.05, 0) is 42.2 Å². The van der Waals surface area contributed by atoms with Gasteiger partial charge in [-0.25, -0.2) is 14.8 Å². The molecule has 0 saturated carbocycles. The number of hydrogen-bond donors (Lipinski definition) is 3. The van der Waals surface area contributed by atoms with Gasteiger partial charge in [-0.1, -0.05) is 60.7 Å². The van der Waals surface area contributed by atoms with Gasteiger partial charge in [-0.15, -0.1) is 0 Å². The molecule has 0 radical (unpaired) electrons. The average Bonchev–Trinajstić information content (AvgIpc) is 3.00. The number of rotatable bonds is 10. The maximum absolute atomic E-state index is 13.3. The van der Waals surface area contributed by atoms with Gasteiger partial charge in [0.15, 0.2) is 0 Å². The van der Waals surface area contributed by atoms with Crippen LogP contribution in [0.25, 0.3) is 0 Å². The van der Waals surface area contributed by atoms with E-state index in [2.05, 4.69) is 16.7 Å². The van der Waals surface area contributed by atoms with Crippen LogP contribution in [0, 0.1) is 11.3 Å². The summed E-state index contributed by atoms with van der Waals surface area (Å²) in [5.74, 6) is -0.550. The van der Waals surface area contributed by atoms with E-state index in [0.717, 1.165) is 15.6 Å². The lowest BCUT2D eigenvalue weighted by Crippen LogP contribution is -2.61. The summed E-state index contributed by atoms with van der Waals surface area (Å²) < 4.78 is 5.85. The van der Waals surface area contributed by atoms with Gasteiger partial charge in [-0.2, -0.15) is 5.26 Å². The molecule has 1 aliphatic heterocycles. The highest BCUT2D eigenvalue weighted by molar-refractivity contribution is 5.89. The van der Waals surface area contributed by atoms with Crippen LogP contribution in [0.15, 0.2) is 78.9 Å². The van der Waals surface area contributed by atoms with Gasteiger partial charge in [0.25, 0.3) is 0 Å². The highest BCUT2D eigenvalue weighted by Gasteiger charge is 2.39. The molecule has 11 heteroatoms. The largest absolute Gasteiger partial charge is 0.464 e. The Kier molecular flexibility index (Phi) is 10.1. The van der Waals surface area contributed by atoms with Crippen molar-refractivity contribution in [3.8, 4) is 17.6 Å². The van der Waals surface area contributed by atoms with Gasteiger partial charge in [-0.3, -0.25) is 14.4 Å². The minimum Gasteiger partial charge on any atom is -0.464 e. The summed E-state index contributed by atoms with van der Waals surface area (Å²) in [7, 11) is 0. The molecule has 1 atom stereocenters. The molecule has 3 N–H and O–H groups in total. The summed E-state index contributed by atoms with van der Waals surface area (Å²) >= 11 is 0. The predicted molar refractivity (Wildman–Crippen MR) is 152 cm³/mol. The third-order valence-electron chi connectivity index (χ3n) is 6.70. The molecule has 0 spiro atoms. The molecule has 4 amide bonds.